The maximum absolute atomic E-state index is 12.8. The number of thiocarbonyl (C=S) groups is 1. The van der Waals surface area contributed by atoms with Crippen LogP contribution in [0.3, 0.4) is 0 Å². The lowest BCUT2D eigenvalue weighted by Gasteiger charge is -2.13. The Hall–Kier alpha value is -2.90. The van der Waals surface area contributed by atoms with Gasteiger partial charge in [0.1, 0.15) is 15.8 Å². The van der Waals surface area contributed by atoms with Crippen molar-refractivity contribution >= 4 is 40.3 Å². The van der Waals surface area contributed by atoms with Crippen LogP contribution in [0.2, 0.25) is 0 Å². The summed E-state index contributed by atoms with van der Waals surface area (Å²) >= 11 is 6.71. The molecule has 2 aromatic carbocycles. The van der Waals surface area contributed by atoms with Crippen LogP contribution in [-0.2, 0) is 4.79 Å². The monoisotopic (exact) mass is 463 g/mol. The second kappa shape index (κ2) is 9.30. The van der Waals surface area contributed by atoms with Crippen LogP contribution in [0, 0.1) is 6.92 Å². The van der Waals surface area contributed by atoms with Gasteiger partial charge in [0.15, 0.2) is 0 Å². The number of nitrogens with zero attached hydrogens (tertiary/aromatic N) is 3. The maximum atomic E-state index is 12.8. The Kier molecular flexibility index (Phi) is 6.48. The first kappa shape index (κ1) is 22.3. The minimum Gasteiger partial charge on any atom is -0.491 e. The highest BCUT2D eigenvalue weighted by Crippen LogP contribution is 2.35. The van der Waals surface area contributed by atoms with Gasteiger partial charge in [-0.25, -0.2) is 4.68 Å². The smallest absolute Gasteiger partial charge is 0.266 e. The van der Waals surface area contributed by atoms with Crippen molar-refractivity contribution in [2.45, 2.75) is 33.8 Å². The predicted octanol–water partition coefficient (Wildman–Crippen LogP) is 5.86. The number of carbonyl (C=O) groups excluding carboxylic acids is 1. The number of rotatable bonds is 6. The van der Waals surface area contributed by atoms with E-state index in [0.29, 0.717) is 15.8 Å². The summed E-state index contributed by atoms with van der Waals surface area (Å²) in [6, 6.07) is 16.0. The lowest BCUT2D eigenvalue weighted by atomic mass is 10.0. The van der Waals surface area contributed by atoms with Gasteiger partial charge in [-0.15, -0.1) is 0 Å². The number of likely N-dealkylation sites (N-methyl/N-ethyl adjacent to an activating group) is 1. The number of thioether (sulfide) groups is 1. The SMILES string of the molecule is CCN1C(=O)C(=Cc2cn(-c3ccccc3)nc2-c2ccc(OC(C)C)c(C)c2)SC1=S. The van der Waals surface area contributed by atoms with Gasteiger partial charge in [-0.1, -0.05) is 42.2 Å². The number of aryl methyl sites for hydroxylation is 1. The van der Waals surface area contributed by atoms with Crippen molar-refractivity contribution in [2.75, 3.05) is 6.54 Å². The Morgan fingerprint density at radius 2 is 1.94 bits per heavy atom. The van der Waals surface area contributed by atoms with Crippen molar-refractivity contribution in [2.24, 2.45) is 0 Å². The van der Waals surface area contributed by atoms with Gasteiger partial charge in [0.2, 0.25) is 0 Å². The van der Waals surface area contributed by atoms with E-state index in [9.17, 15) is 4.79 Å². The standard InChI is InChI=1S/C25H25N3O2S2/c1-5-27-24(29)22(32-25(27)31)14-19-15-28(20-9-7-6-8-10-20)26-23(19)18-11-12-21(17(4)13-18)30-16(2)3/h6-16H,5H2,1-4H3. The van der Waals surface area contributed by atoms with Crippen LogP contribution in [0.15, 0.2) is 59.6 Å². The third-order valence-corrected chi connectivity index (χ3v) is 6.43. The number of carbonyl (C=O) groups is 1. The Bertz CT molecular complexity index is 1200. The zero-order chi connectivity index (χ0) is 22.8. The third kappa shape index (κ3) is 4.49. The van der Waals surface area contributed by atoms with Gasteiger partial charge in [0.05, 0.1) is 16.7 Å². The Labute approximate surface area is 198 Å². The molecule has 0 aliphatic carbocycles. The summed E-state index contributed by atoms with van der Waals surface area (Å²) in [5.41, 5.74) is 4.61. The van der Waals surface area contributed by atoms with E-state index in [4.69, 9.17) is 22.1 Å². The molecule has 0 N–H and O–H groups in total. The first-order chi connectivity index (χ1) is 15.4. The summed E-state index contributed by atoms with van der Waals surface area (Å²) in [4.78, 5) is 15.0. The molecule has 0 radical (unpaired) electrons. The third-order valence-electron chi connectivity index (χ3n) is 5.05. The van der Waals surface area contributed by atoms with E-state index >= 15 is 0 Å². The minimum absolute atomic E-state index is 0.0576. The van der Waals surface area contributed by atoms with Gasteiger partial charge in [-0.05, 0) is 69.7 Å². The molecule has 32 heavy (non-hydrogen) atoms. The molecule has 0 atom stereocenters. The molecule has 4 rings (SSSR count). The summed E-state index contributed by atoms with van der Waals surface area (Å²) in [5.74, 6) is 0.800. The van der Waals surface area contributed by atoms with E-state index in [0.717, 1.165) is 33.8 Å². The van der Waals surface area contributed by atoms with Crippen LogP contribution in [0.1, 0.15) is 31.9 Å². The number of hydrogen-bond donors (Lipinski definition) is 0. The van der Waals surface area contributed by atoms with Crippen molar-refractivity contribution < 1.29 is 9.53 Å². The van der Waals surface area contributed by atoms with E-state index in [-0.39, 0.29) is 12.0 Å². The van der Waals surface area contributed by atoms with E-state index in [2.05, 4.69) is 6.07 Å². The van der Waals surface area contributed by atoms with Crippen LogP contribution in [0.4, 0.5) is 0 Å². The first-order valence-electron chi connectivity index (χ1n) is 10.6. The summed E-state index contributed by atoms with van der Waals surface area (Å²) in [5, 5.41) is 4.87. The minimum atomic E-state index is -0.0576. The number of aromatic nitrogens is 2. The van der Waals surface area contributed by atoms with Crippen molar-refractivity contribution in [1.29, 1.82) is 0 Å². The number of benzene rings is 2. The molecule has 7 heteroatoms. The molecular formula is C25H25N3O2S2. The fourth-order valence-corrected chi connectivity index (χ4v) is 4.90. The molecule has 1 fully saturated rings. The molecule has 5 nitrogen and oxygen atoms in total. The maximum Gasteiger partial charge on any atom is 0.266 e. The molecule has 1 aromatic heterocycles. The molecule has 0 unspecified atom stereocenters. The molecular weight excluding hydrogens is 438 g/mol. The van der Waals surface area contributed by atoms with Gasteiger partial charge >= 0.3 is 0 Å². The van der Waals surface area contributed by atoms with Gasteiger partial charge < -0.3 is 4.74 Å². The summed E-state index contributed by atoms with van der Waals surface area (Å²) in [6.07, 6.45) is 3.95. The van der Waals surface area contributed by atoms with Crippen molar-refractivity contribution in [3.8, 4) is 22.7 Å². The lowest BCUT2D eigenvalue weighted by Crippen LogP contribution is -2.27. The van der Waals surface area contributed by atoms with E-state index in [1.807, 2.05) is 87.1 Å². The van der Waals surface area contributed by atoms with Crippen LogP contribution in [0.25, 0.3) is 23.0 Å². The first-order valence-corrected chi connectivity index (χ1v) is 11.8. The number of hydrogen-bond acceptors (Lipinski definition) is 5. The van der Waals surface area contributed by atoms with Crippen LogP contribution >= 0.6 is 24.0 Å². The normalized spacial score (nSPS) is 15.3. The van der Waals surface area contributed by atoms with Gasteiger partial charge in [-0.2, -0.15) is 5.10 Å². The summed E-state index contributed by atoms with van der Waals surface area (Å²) in [6.45, 7) is 8.55. The highest BCUT2D eigenvalue weighted by molar-refractivity contribution is 8.26. The van der Waals surface area contributed by atoms with Gasteiger partial charge in [0.25, 0.3) is 5.91 Å². The zero-order valence-corrected chi connectivity index (χ0v) is 20.2. The average Bonchev–Trinajstić information content (AvgIpc) is 3.30. The van der Waals surface area contributed by atoms with Crippen molar-refractivity contribution in [3.05, 3.63) is 70.8 Å². The fourth-order valence-electron chi connectivity index (χ4n) is 3.53. The van der Waals surface area contributed by atoms with Gasteiger partial charge in [0, 0.05) is 23.9 Å². The van der Waals surface area contributed by atoms with Crippen LogP contribution in [-0.4, -0.2) is 37.6 Å². The molecule has 0 spiro atoms. The van der Waals surface area contributed by atoms with E-state index in [1.165, 1.54) is 11.8 Å². The molecule has 1 aliphatic rings. The average molecular weight is 464 g/mol. The van der Waals surface area contributed by atoms with Crippen LogP contribution in [0.5, 0.6) is 5.75 Å². The summed E-state index contributed by atoms with van der Waals surface area (Å²) in [7, 11) is 0. The zero-order valence-electron chi connectivity index (χ0n) is 18.5. The summed E-state index contributed by atoms with van der Waals surface area (Å²) < 4.78 is 8.33. The highest BCUT2D eigenvalue weighted by Gasteiger charge is 2.31. The second-order valence-corrected chi connectivity index (χ2v) is 9.46. The Morgan fingerprint density at radius 1 is 1.19 bits per heavy atom. The molecule has 164 valence electrons. The largest absolute Gasteiger partial charge is 0.491 e. The molecule has 2 heterocycles. The predicted molar refractivity (Wildman–Crippen MR) is 135 cm³/mol. The fraction of sp³-hybridized carbons (Fsp3) is 0.240. The van der Waals surface area contributed by atoms with Gasteiger partial charge in [-0.3, -0.25) is 9.69 Å². The van der Waals surface area contributed by atoms with Crippen molar-refractivity contribution in [3.63, 3.8) is 0 Å². The number of para-hydroxylation sites is 1. The van der Waals surface area contributed by atoms with Crippen LogP contribution < -0.4 is 4.74 Å². The Balaban J connectivity index is 1.80. The quantitative estimate of drug-likeness (QED) is 0.339. The molecule has 0 saturated carbocycles. The molecule has 1 aliphatic heterocycles. The molecule has 3 aromatic rings. The van der Waals surface area contributed by atoms with E-state index < -0.39 is 0 Å². The lowest BCUT2D eigenvalue weighted by molar-refractivity contribution is -0.121. The topological polar surface area (TPSA) is 47.4 Å². The van der Waals surface area contributed by atoms with E-state index in [1.54, 1.807) is 4.90 Å². The molecule has 1 saturated heterocycles. The Morgan fingerprint density at radius 3 is 2.56 bits per heavy atom. The van der Waals surface area contributed by atoms with Crippen molar-refractivity contribution in [1.82, 2.24) is 14.7 Å². The second-order valence-electron chi connectivity index (χ2n) is 7.79. The number of amides is 1. The number of ether oxygens (including phenoxy) is 1. The highest BCUT2D eigenvalue weighted by atomic mass is 32.2. The molecule has 0 bridgehead atoms. The molecule has 1 amide bonds.